The molecule has 1 aliphatic heterocycles. The van der Waals surface area contributed by atoms with Gasteiger partial charge in [0.1, 0.15) is 30.2 Å². The second kappa shape index (κ2) is 9.08. The third-order valence-electron chi connectivity index (χ3n) is 6.09. The van der Waals surface area contributed by atoms with Crippen molar-refractivity contribution in [1.29, 1.82) is 0 Å². The van der Waals surface area contributed by atoms with Crippen LogP contribution in [-0.4, -0.2) is 60.4 Å². The Hall–Kier alpha value is -2.63. The van der Waals surface area contributed by atoms with E-state index < -0.39 is 30.8 Å². The number of fused-ring (bicyclic) bond motifs is 1. The molecule has 0 amide bonds. The van der Waals surface area contributed by atoms with Gasteiger partial charge in [-0.1, -0.05) is 43.2 Å². The van der Waals surface area contributed by atoms with Crippen molar-refractivity contribution in [2.45, 2.75) is 69.2 Å². The second-order valence-electron chi connectivity index (χ2n) is 8.26. The van der Waals surface area contributed by atoms with E-state index in [0.29, 0.717) is 17.8 Å². The van der Waals surface area contributed by atoms with Crippen molar-refractivity contribution in [3.05, 3.63) is 48.5 Å². The first-order valence-corrected chi connectivity index (χ1v) is 10.9. The summed E-state index contributed by atoms with van der Waals surface area (Å²) in [5.74, 6) is 0.229. The fourth-order valence-corrected chi connectivity index (χ4v) is 4.37. The highest BCUT2D eigenvalue weighted by Crippen LogP contribution is 2.36. The largest absolute Gasteiger partial charge is 0.387 e. The molecule has 1 saturated heterocycles. The Morgan fingerprint density at radius 1 is 1.09 bits per heavy atom. The van der Waals surface area contributed by atoms with Crippen LogP contribution in [0.3, 0.4) is 0 Å². The standard InChI is InChI=1S/C22H27N5O5/c23-19-15-20(25-11-24-19)27(12-26-15)21-17(29)16(28)18(32-21)22(31-14-8-4-5-9-14)30-10-13-6-2-1-3-7-13/h1-3,6-7,11-12,14,16-18,21-22,28-29H,4-5,8-10H2,(H2,23,24,25)/t16-,17+,18-,21+,22?/m0/s1. The average molecular weight is 441 g/mol. The van der Waals surface area contributed by atoms with Crippen LogP contribution in [0.5, 0.6) is 0 Å². The first kappa shape index (κ1) is 21.2. The molecule has 10 nitrogen and oxygen atoms in total. The molecule has 0 bridgehead atoms. The molecule has 10 heteroatoms. The number of rotatable bonds is 7. The number of anilines is 1. The molecule has 1 aromatic carbocycles. The van der Waals surface area contributed by atoms with E-state index in [4.69, 9.17) is 19.9 Å². The minimum Gasteiger partial charge on any atom is -0.387 e. The van der Waals surface area contributed by atoms with Gasteiger partial charge in [-0.3, -0.25) is 4.57 Å². The minimum absolute atomic E-state index is 0.0318. The van der Waals surface area contributed by atoms with Gasteiger partial charge in [0.05, 0.1) is 19.0 Å². The molecule has 5 rings (SSSR count). The first-order chi connectivity index (χ1) is 15.6. The first-order valence-electron chi connectivity index (χ1n) is 10.9. The number of hydrogen-bond donors (Lipinski definition) is 3. The summed E-state index contributed by atoms with van der Waals surface area (Å²) in [6, 6.07) is 9.72. The highest BCUT2D eigenvalue weighted by atomic mass is 16.7. The molecular weight excluding hydrogens is 414 g/mol. The van der Waals surface area contributed by atoms with Crippen molar-refractivity contribution in [2.75, 3.05) is 5.73 Å². The van der Waals surface area contributed by atoms with Gasteiger partial charge >= 0.3 is 0 Å². The number of aliphatic hydroxyl groups is 2. The van der Waals surface area contributed by atoms with Crippen molar-refractivity contribution in [3.63, 3.8) is 0 Å². The predicted octanol–water partition coefficient (Wildman–Crippen LogP) is 1.53. The number of aromatic nitrogens is 4. The zero-order valence-electron chi connectivity index (χ0n) is 17.5. The highest BCUT2D eigenvalue weighted by Gasteiger charge is 2.49. The fourth-order valence-electron chi connectivity index (χ4n) is 4.37. The van der Waals surface area contributed by atoms with E-state index in [1.165, 1.54) is 12.7 Å². The lowest BCUT2D eigenvalue weighted by atomic mass is 10.1. The summed E-state index contributed by atoms with van der Waals surface area (Å²) in [5.41, 5.74) is 7.66. The monoisotopic (exact) mass is 441 g/mol. The summed E-state index contributed by atoms with van der Waals surface area (Å²) in [6.45, 7) is 0.295. The Morgan fingerprint density at radius 2 is 1.88 bits per heavy atom. The summed E-state index contributed by atoms with van der Waals surface area (Å²) in [4.78, 5) is 12.4. The van der Waals surface area contributed by atoms with Crippen molar-refractivity contribution >= 4 is 17.0 Å². The zero-order chi connectivity index (χ0) is 22.1. The SMILES string of the molecule is Nc1ncnc2c1ncn2[C@@H]1O[C@H](C(OCc2ccccc2)OC2CCCC2)[C@@H](O)[C@H]1O. The maximum atomic E-state index is 10.9. The Morgan fingerprint density at radius 3 is 2.66 bits per heavy atom. The summed E-state index contributed by atoms with van der Waals surface area (Å²) >= 11 is 0. The molecule has 170 valence electrons. The summed E-state index contributed by atoms with van der Waals surface area (Å²) < 4.78 is 20.0. The molecular formula is C22H27N5O5. The third kappa shape index (κ3) is 4.07. The van der Waals surface area contributed by atoms with Crippen LogP contribution in [0.4, 0.5) is 5.82 Å². The van der Waals surface area contributed by atoms with Gasteiger partial charge in [0, 0.05) is 0 Å². The van der Waals surface area contributed by atoms with Crippen molar-refractivity contribution in [2.24, 2.45) is 0 Å². The molecule has 3 heterocycles. The molecule has 0 radical (unpaired) electrons. The van der Waals surface area contributed by atoms with Crippen molar-refractivity contribution in [3.8, 4) is 0 Å². The van der Waals surface area contributed by atoms with E-state index in [1.807, 2.05) is 30.3 Å². The maximum Gasteiger partial charge on any atom is 0.187 e. The van der Waals surface area contributed by atoms with Gasteiger partial charge in [-0.15, -0.1) is 0 Å². The van der Waals surface area contributed by atoms with Gasteiger partial charge in [0.15, 0.2) is 24.0 Å². The lowest BCUT2D eigenvalue weighted by molar-refractivity contribution is -0.242. The second-order valence-corrected chi connectivity index (χ2v) is 8.26. The van der Waals surface area contributed by atoms with E-state index in [2.05, 4.69) is 15.0 Å². The van der Waals surface area contributed by atoms with Gasteiger partial charge in [-0.05, 0) is 18.4 Å². The topological polar surface area (TPSA) is 138 Å². The van der Waals surface area contributed by atoms with Gasteiger partial charge in [0.2, 0.25) is 0 Å². The lowest BCUT2D eigenvalue weighted by Gasteiger charge is -2.28. The number of aliphatic hydroxyl groups excluding tert-OH is 2. The highest BCUT2D eigenvalue weighted by molar-refractivity contribution is 5.81. The Kier molecular flexibility index (Phi) is 6.03. The number of benzene rings is 1. The van der Waals surface area contributed by atoms with Crippen LogP contribution in [0.1, 0.15) is 37.5 Å². The van der Waals surface area contributed by atoms with Crippen LogP contribution in [0.25, 0.3) is 11.2 Å². The molecule has 2 aromatic heterocycles. The number of ether oxygens (including phenoxy) is 3. The van der Waals surface area contributed by atoms with E-state index in [1.54, 1.807) is 4.57 Å². The van der Waals surface area contributed by atoms with Crippen LogP contribution in [0.15, 0.2) is 43.0 Å². The van der Waals surface area contributed by atoms with E-state index in [9.17, 15) is 10.2 Å². The van der Waals surface area contributed by atoms with Crippen LogP contribution in [0, 0.1) is 0 Å². The quantitative estimate of drug-likeness (QED) is 0.466. The van der Waals surface area contributed by atoms with E-state index in [-0.39, 0.29) is 11.9 Å². The van der Waals surface area contributed by atoms with E-state index >= 15 is 0 Å². The molecule has 1 aliphatic carbocycles. The normalized spacial score (nSPS) is 27.3. The van der Waals surface area contributed by atoms with E-state index in [0.717, 1.165) is 31.2 Å². The number of imidazole rings is 1. The van der Waals surface area contributed by atoms with Crippen LogP contribution in [0.2, 0.25) is 0 Å². The molecule has 32 heavy (non-hydrogen) atoms. The number of nitrogen functional groups attached to an aromatic ring is 1. The molecule has 2 fully saturated rings. The fraction of sp³-hybridized carbons (Fsp3) is 0.500. The van der Waals surface area contributed by atoms with Crippen LogP contribution in [-0.2, 0) is 20.8 Å². The number of nitrogens with two attached hydrogens (primary N) is 1. The van der Waals surface area contributed by atoms with Crippen molar-refractivity contribution < 1.29 is 24.4 Å². The molecule has 5 atom stereocenters. The summed E-state index contributed by atoms with van der Waals surface area (Å²) in [5, 5.41) is 21.7. The van der Waals surface area contributed by atoms with Crippen LogP contribution >= 0.6 is 0 Å². The predicted molar refractivity (Wildman–Crippen MR) is 114 cm³/mol. The molecule has 2 aliphatic rings. The summed E-state index contributed by atoms with van der Waals surface area (Å²) in [6.07, 6.45) is 1.76. The van der Waals surface area contributed by atoms with Crippen molar-refractivity contribution in [1.82, 2.24) is 19.5 Å². The lowest BCUT2D eigenvalue weighted by Crippen LogP contribution is -2.43. The Balaban J connectivity index is 1.38. The zero-order valence-corrected chi connectivity index (χ0v) is 17.5. The van der Waals surface area contributed by atoms with Gasteiger partial charge in [0.25, 0.3) is 0 Å². The summed E-state index contributed by atoms with van der Waals surface area (Å²) in [7, 11) is 0. The maximum absolute atomic E-state index is 10.9. The van der Waals surface area contributed by atoms with Crippen LogP contribution < -0.4 is 5.73 Å². The smallest absolute Gasteiger partial charge is 0.187 e. The number of hydrogen-bond acceptors (Lipinski definition) is 9. The molecule has 4 N–H and O–H groups in total. The van der Waals surface area contributed by atoms with Gasteiger partial charge in [-0.25, -0.2) is 15.0 Å². The molecule has 1 saturated carbocycles. The minimum atomic E-state index is -1.23. The molecule has 0 spiro atoms. The molecule has 1 unspecified atom stereocenters. The van der Waals surface area contributed by atoms with Gasteiger partial charge < -0.3 is 30.2 Å². The Bertz CT molecular complexity index is 1040. The Labute approximate surface area is 185 Å². The number of nitrogens with zero attached hydrogens (tertiary/aromatic N) is 4. The third-order valence-corrected chi connectivity index (χ3v) is 6.09. The average Bonchev–Trinajstić information content (AvgIpc) is 3.54. The van der Waals surface area contributed by atoms with Gasteiger partial charge in [-0.2, -0.15) is 0 Å². The molecule has 3 aromatic rings.